The quantitative estimate of drug-likeness (QED) is 0.693. The van der Waals surface area contributed by atoms with E-state index in [9.17, 15) is 0 Å². The largest absolute Gasteiger partial charge is 0.380 e. The highest BCUT2D eigenvalue weighted by molar-refractivity contribution is 6.18. The topological polar surface area (TPSA) is 12.5 Å². The predicted octanol–water partition coefficient (Wildman–Crippen LogP) is 2.50. The Morgan fingerprint density at radius 3 is 2.87 bits per heavy atom. The first-order valence-electron chi connectivity index (χ1n) is 6.18. The van der Waals surface area contributed by atoms with Gasteiger partial charge in [-0.15, -0.1) is 11.6 Å². The molecule has 0 amide bonds. The second-order valence-electron chi connectivity index (χ2n) is 4.93. The van der Waals surface area contributed by atoms with Gasteiger partial charge in [0, 0.05) is 25.6 Å². The third-order valence-electron chi connectivity index (χ3n) is 3.96. The number of hydrogen-bond donors (Lipinski definition) is 0. The highest BCUT2D eigenvalue weighted by Gasteiger charge is 2.34. The van der Waals surface area contributed by atoms with Crippen LogP contribution in [0.2, 0.25) is 0 Å². The number of likely N-dealkylation sites (tertiary alicyclic amines) is 1. The molecule has 1 aliphatic carbocycles. The van der Waals surface area contributed by atoms with Crippen molar-refractivity contribution in [1.29, 1.82) is 0 Å². The minimum atomic E-state index is 0.471. The van der Waals surface area contributed by atoms with Crippen molar-refractivity contribution in [3.05, 3.63) is 0 Å². The number of alkyl halides is 1. The molecule has 1 heterocycles. The summed E-state index contributed by atoms with van der Waals surface area (Å²) in [4.78, 5) is 2.62. The molecule has 88 valence electrons. The number of hydrogen-bond acceptors (Lipinski definition) is 2. The third kappa shape index (κ3) is 2.66. The normalized spacial score (nSPS) is 38.4. The fourth-order valence-electron chi connectivity index (χ4n) is 3.12. The molecule has 0 aromatic carbocycles. The molecule has 1 saturated carbocycles. The highest BCUT2D eigenvalue weighted by Crippen LogP contribution is 2.30. The van der Waals surface area contributed by atoms with Gasteiger partial charge in [-0.2, -0.15) is 0 Å². The summed E-state index contributed by atoms with van der Waals surface area (Å²) < 4.78 is 5.57. The summed E-state index contributed by atoms with van der Waals surface area (Å²) in [6.45, 7) is 2.44. The smallest absolute Gasteiger partial charge is 0.0726 e. The van der Waals surface area contributed by atoms with Gasteiger partial charge in [-0.25, -0.2) is 0 Å². The fourth-order valence-corrected chi connectivity index (χ4v) is 3.38. The molecule has 3 atom stereocenters. The molecule has 1 aliphatic heterocycles. The van der Waals surface area contributed by atoms with Gasteiger partial charge < -0.3 is 4.74 Å². The van der Waals surface area contributed by atoms with Gasteiger partial charge >= 0.3 is 0 Å². The second kappa shape index (κ2) is 5.51. The lowest BCUT2D eigenvalue weighted by atomic mass is 9.97. The molecule has 0 bridgehead atoms. The van der Waals surface area contributed by atoms with E-state index in [1.165, 1.54) is 45.2 Å². The molecule has 0 spiro atoms. The van der Waals surface area contributed by atoms with E-state index in [4.69, 9.17) is 16.3 Å². The zero-order valence-corrected chi connectivity index (χ0v) is 10.4. The molecular formula is C12H22ClNO. The first-order chi connectivity index (χ1) is 7.35. The van der Waals surface area contributed by atoms with E-state index in [1.54, 1.807) is 0 Å². The first-order valence-corrected chi connectivity index (χ1v) is 6.71. The van der Waals surface area contributed by atoms with Crippen molar-refractivity contribution in [3.63, 3.8) is 0 Å². The monoisotopic (exact) mass is 231 g/mol. The maximum absolute atomic E-state index is 5.96. The van der Waals surface area contributed by atoms with Gasteiger partial charge in [0.1, 0.15) is 0 Å². The Kier molecular flexibility index (Phi) is 4.30. The third-order valence-corrected chi connectivity index (χ3v) is 4.39. The molecule has 3 heteroatoms. The molecular weight excluding hydrogens is 210 g/mol. The number of methoxy groups -OCH3 is 1. The van der Waals surface area contributed by atoms with Gasteiger partial charge in [0.25, 0.3) is 0 Å². The van der Waals surface area contributed by atoms with Crippen LogP contribution in [0.25, 0.3) is 0 Å². The Hall–Kier alpha value is 0.210. The van der Waals surface area contributed by atoms with Crippen LogP contribution in [0.15, 0.2) is 0 Å². The summed E-state index contributed by atoms with van der Waals surface area (Å²) in [6, 6.07) is 0.668. The Morgan fingerprint density at radius 2 is 2.13 bits per heavy atom. The summed E-state index contributed by atoms with van der Waals surface area (Å²) in [7, 11) is 1.85. The summed E-state index contributed by atoms with van der Waals surface area (Å²) in [5.41, 5.74) is 0. The van der Waals surface area contributed by atoms with Crippen LogP contribution in [0.4, 0.5) is 0 Å². The molecule has 0 aromatic rings. The average molecular weight is 232 g/mol. The van der Waals surface area contributed by atoms with Gasteiger partial charge in [0.05, 0.1) is 6.10 Å². The summed E-state index contributed by atoms with van der Waals surface area (Å²) in [6.07, 6.45) is 6.97. The molecule has 0 radical (unpaired) electrons. The van der Waals surface area contributed by atoms with Crippen LogP contribution < -0.4 is 0 Å². The predicted molar refractivity (Wildman–Crippen MR) is 63.5 cm³/mol. The highest BCUT2D eigenvalue weighted by atomic mass is 35.5. The Bertz CT molecular complexity index is 200. The molecule has 2 fully saturated rings. The minimum Gasteiger partial charge on any atom is -0.380 e. The van der Waals surface area contributed by atoms with E-state index >= 15 is 0 Å². The van der Waals surface area contributed by atoms with Crippen LogP contribution in [0, 0.1) is 5.92 Å². The molecule has 2 rings (SSSR count). The van der Waals surface area contributed by atoms with Crippen LogP contribution in [0.5, 0.6) is 0 Å². The molecule has 1 saturated heterocycles. The summed E-state index contributed by atoms with van der Waals surface area (Å²) in [5, 5.41) is 0. The Morgan fingerprint density at radius 1 is 1.27 bits per heavy atom. The van der Waals surface area contributed by atoms with Crippen molar-refractivity contribution in [3.8, 4) is 0 Å². The minimum absolute atomic E-state index is 0.471. The van der Waals surface area contributed by atoms with Crippen LogP contribution in [-0.4, -0.2) is 43.1 Å². The van der Waals surface area contributed by atoms with E-state index in [2.05, 4.69) is 4.90 Å². The number of ether oxygens (including phenoxy) is 1. The molecule has 0 aromatic heterocycles. The van der Waals surface area contributed by atoms with Crippen LogP contribution in [0.1, 0.15) is 32.1 Å². The summed E-state index contributed by atoms with van der Waals surface area (Å²) >= 11 is 5.96. The number of piperidine rings is 1. The lowest BCUT2D eigenvalue weighted by Crippen LogP contribution is -2.46. The SMILES string of the molecule is COC1CCCC1N1CCCC(CCl)C1. The van der Waals surface area contributed by atoms with Gasteiger partial charge in [0.15, 0.2) is 0 Å². The van der Waals surface area contributed by atoms with E-state index in [-0.39, 0.29) is 0 Å². The van der Waals surface area contributed by atoms with Crippen molar-refractivity contribution in [2.75, 3.05) is 26.1 Å². The van der Waals surface area contributed by atoms with Gasteiger partial charge in [-0.05, 0) is 44.6 Å². The zero-order chi connectivity index (χ0) is 10.7. The number of rotatable bonds is 3. The van der Waals surface area contributed by atoms with Crippen molar-refractivity contribution in [2.24, 2.45) is 5.92 Å². The molecule has 2 aliphatic rings. The fraction of sp³-hybridized carbons (Fsp3) is 1.00. The van der Waals surface area contributed by atoms with E-state index in [0.29, 0.717) is 18.1 Å². The maximum atomic E-state index is 5.96. The van der Waals surface area contributed by atoms with Gasteiger partial charge in [-0.1, -0.05) is 0 Å². The van der Waals surface area contributed by atoms with Crippen molar-refractivity contribution >= 4 is 11.6 Å². The van der Waals surface area contributed by atoms with Crippen molar-refractivity contribution < 1.29 is 4.74 Å². The van der Waals surface area contributed by atoms with Crippen LogP contribution in [-0.2, 0) is 4.74 Å². The van der Waals surface area contributed by atoms with E-state index in [0.717, 1.165) is 5.88 Å². The molecule has 2 nitrogen and oxygen atoms in total. The number of halogens is 1. The lowest BCUT2D eigenvalue weighted by molar-refractivity contribution is 0.0170. The summed E-state index contributed by atoms with van der Waals surface area (Å²) in [5.74, 6) is 1.53. The standard InChI is InChI=1S/C12H22ClNO/c1-15-12-6-2-5-11(12)14-7-3-4-10(8-13)9-14/h10-12H,2-9H2,1H3. The maximum Gasteiger partial charge on any atom is 0.0726 e. The Labute approximate surface area is 97.9 Å². The molecule has 0 N–H and O–H groups in total. The molecule has 15 heavy (non-hydrogen) atoms. The second-order valence-corrected chi connectivity index (χ2v) is 5.24. The van der Waals surface area contributed by atoms with Gasteiger partial charge in [0.2, 0.25) is 0 Å². The lowest BCUT2D eigenvalue weighted by Gasteiger charge is -2.38. The van der Waals surface area contributed by atoms with Gasteiger partial charge in [-0.3, -0.25) is 4.90 Å². The number of nitrogens with zero attached hydrogens (tertiary/aromatic N) is 1. The van der Waals surface area contributed by atoms with E-state index < -0.39 is 0 Å². The van der Waals surface area contributed by atoms with Crippen molar-refractivity contribution in [2.45, 2.75) is 44.2 Å². The first kappa shape index (κ1) is 11.7. The van der Waals surface area contributed by atoms with Crippen molar-refractivity contribution in [1.82, 2.24) is 4.90 Å². The van der Waals surface area contributed by atoms with Crippen LogP contribution >= 0.6 is 11.6 Å². The van der Waals surface area contributed by atoms with E-state index in [1.807, 2.05) is 7.11 Å². The Balaban J connectivity index is 1.91. The zero-order valence-electron chi connectivity index (χ0n) is 9.62. The molecule has 3 unspecified atom stereocenters. The van der Waals surface area contributed by atoms with Crippen LogP contribution in [0.3, 0.4) is 0 Å². The average Bonchev–Trinajstić information content (AvgIpc) is 2.77.